The topological polar surface area (TPSA) is 149 Å². The molecule has 8 nitrogen and oxygen atoms in total. The number of aliphatic carboxylic acids is 1. The Morgan fingerprint density at radius 2 is 1.45 bits per heavy atom. The van der Waals surface area contributed by atoms with E-state index in [0.717, 1.165) is 18.2 Å². The van der Waals surface area contributed by atoms with Crippen molar-refractivity contribution in [3.63, 3.8) is 0 Å². The van der Waals surface area contributed by atoms with Crippen LogP contribution in [-0.2, 0) is 9.59 Å². The smallest absolute Gasteiger partial charge is 0.376 e. The number of allylic oxidation sites excluding steroid dienone is 2. The van der Waals surface area contributed by atoms with Gasteiger partial charge in [0.2, 0.25) is 0 Å². The van der Waals surface area contributed by atoms with Crippen LogP contribution < -0.4 is 0 Å². The number of benzene rings is 1. The van der Waals surface area contributed by atoms with Crippen molar-refractivity contribution >= 4 is 29.5 Å². The molecule has 22 heavy (non-hydrogen) atoms. The van der Waals surface area contributed by atoms with Gasteiger partial charge in [0, 0.05) is 5.56 Å². The molecule has 4 N–H and O–H groups in total. The fourth-order valence-electron chi connectivity index (χ4n) is 1.56. The summed E-state index contributed by atoms with van der Waals surface area (Å²) in [7, 11) is 0. The van der Waals surface area contributed by atoms with E-state index in [-0.39, 0.29) is 5.56 Å². The Labute approximate surface area is 123 Å². The Balaban J connectivity index is 3.29. The van der Waals surface area contributed by atoms with Crippen molar-refractivity contribution in [3.05, 3.63) is 53.1 Å². The van der Waals surface area contributed by atoms with E-state index < -0.39 is 40.6 Å². The largest absolute Gasteiger partial charge is 0.507 e. The molecule has 1 aromatic rings. The molecule has 1 rings (SSSR count). The second-order valence-corrected chi connectivity index (χ2v) is 3.92. The third-order valence-corrected chi connectivity index (χ3v) is 2.50. The van der Waals surface area contributed by atoms with Crippen molar-refractivity contribution < 1.29 is 39.6 Å². The van der Waals surface area contributed by atoms with E-state index in [1.807, 2.05) is 0 Å². The molecule has 114 valence electrons. The van der Waals surface area contributed by atoms with Gasteiger partial charge in [-0.1, -0.05) is 18.2 Å². The molecule has 8 heteroatoms. The molecular weight excluding hydrogens is 296 g/mol. The highest BCUT2D eigenvalue weighted by molar-refractivity contribution is 6.37. The van der Waals surface area contributed by atoms with Gasteiger partial charge in [-0.05, 0) is 18.2 Å². The fourth-order valence-corrected chi connectivity index (χ4v) is 1.56. The van der Waals surface area contributed by atoms with Crippen LogP contribution in [0.1, 0.15) is 26.3 Å². The fraction of sp³-hybridized carbons (Fsp3) is 0. The minimum Gasteiger partial charge on any atom is -0.507 e. The molecule has 0 fully saturated rings. The first kappa shape index (κ1) is 16.6. The first-order chi connectivity index (χ1) is 10.3. The highest BCUT2D eigenvalue weighted by Gasteiger charge is 2.21. The summed E-state index contributed by atoms with van der Waals surface area (Å²) in [6.45, 7) is 0. The number of aliphatic hydroxyl groups excluding tert-OH is 1. The summed E-state index contributed by atoms with van der Waals surface area (Å²) in [5, 5.41) is 36.2. The minimum absolute atomic E-state index is 0.278. The van der Waals surface area contributed by atoms with Gasteiger partial charge in [-0.2, -0.15) is 0 Å². The summed E-state index contributed by atoms with van der Waals surface area (Å²) in [5.41, 5.74) is -1.42. The summed E-state index contributed by atoms with van der Waals surface area (Å²) < 4.78 is 0. The number of ketones is 1. The first-order valence-electron chi connectivity index (χ1n) is 5.70. The molecule has 0 spiro atoms. The van der Waals surface area contributed by atoms with Gasteiger partial charge in [-0.3, -0.25) is 4.79 Å². The quantitative estimate of drug-likeness (QED) is 0.265. The zero-order valence-corrected chi connectivity index (χ0v) is 10.9. The minimum atomic E-state index is -1.69. The molecule has 0 unspecified atom stereocenters. The third kappa shape index (κ3) is 3.79. The summed E-state index contributed by atoms with van der Waals surface area (Å²) in [6, 6.07) is 3.47. The van der Waals surface area contributed by atoms with Crippen molar-refractivity contribution in [2.75, 3.05) is 0 Å². The number of carbonyl (C=O) groups is 4. The average Bonchev–Trinajstić information content (AvgIpc) is 2.45. The average molecular weight is 306 g/mol. The van der Waals surface area contributed by atoms with Gasteiger partial charge in [-0.25, -0.2) is 14.4 Å². The Morgan fingerprint density at radius 1 is 0.864 bits per heavy atom. The third-order valence-electron chi connectivity index (χ3n) is 2.50. The lowest BCUT2D eigenvalue weighted by Crippen LogP contribution is -2.11. The summed E-state index contributed by atoms with van der Waals surface area (Å²) >= 11 is 0. The van der Waals surface area contributed by atoms with Gasteiger partial charge < -0.3 is 20.4 Å². The van der Waals surface area contributed by atoms with E-state index in [9.17, 15) is 24.3 Å². The summed E-state index contributed by atoms with van der Waals surface area (Å²) in [4.78, 5) is 43.3. The van der Waals surface area contributed by atoms with E-state index in [2.05, 4.69) is 0 Å². The molecule has 0 saturated carbocycles. The molecule has 0 heterocycles. The Hall–Kier alpha value is -3.42. The Kier molecular flexibility index (Phi) is 5.17. The maximum atomic E-state index is 11.2. The monoisotopic (exact) mass is 306 g/mol. The maximum absolute atomic E-state index is 11.2. The molecule has 0 saturated heterocycles. The van der Waals surface area contributed by atoms with E-state index >= 15 is 0 Å². The van der Waals surface area contributed by atoms with Crippen LogP contribution in [0.3, 0.4) is 0 Å². The second-order valence-electron chi connectivity index (χ2n) is 3.92. The second kappa shape index (κ2) is 6.84. The number of hydrogen-bond donors (Lipinski definition) is 4. The molecule has 0 aliphatic rings. The van der Waals surface area contributed by atoms with Crippen molar-refractivity contribution in [3.8, 4) is 0 Å². The first-order valence-corrected chi connectivity index (χ1v) is 5.70. The molecular formula is C14H10O8. The van der Waals surface area contributed by atoms with Gasteiger partial charge >= 0.3 is 17.9 Å². The van der Waals surface area contributed by atoms with E-state index in [1.54, 1.807) is 0 Å². The van der Waals surface area contributed by atoms with E-state index in [1.165, 1.54) is 12.1 Å². The van der Waals surface area contributed by atoms with Crippen LogP contribution in [0, 0.1) is 0 Å². The van der Waals surface area contributed by atoms with Crippen LogP contribution in [-0.4, -0.2) is 44.1 Å². The standard InChI is InChI=1S/C14H10O8/c15-9(5-2-6-10(16)13(19)20)7-3-1-4-8(12(17)18)11(7)14(21)22/h1-6,15H,(H,17,18)(H,19,20)(H,21,22). The van der Waals surface area contributed by atoms with Crippen LogP contribution in [0.25, 0.3) is 5.76 Å². The molecule has 0 atom stereocenters. The van der Waals surface area contributed by atoms with Crippen molar-refractivity contribution in [2.24, 2.45) is 0 Å². The highest BCUT2D eigenvalue weighted by Crippen LogP contribution is 2.21. The summed E-state index contributed by atoms with van der Waals surface area (Å²) in [6.07, 6.45) is 2.44. The molecule has 0 amide bonds. The van der Waals surface area contributed by atoms with Crippen molar-refractivity contribution in [1.82, 2.24) is 0 Å². The lowest BCUT2D eigenvalue weighted by molar-refractivity contribution is -0.146. The Bertz CT molecular complexity index is 712. The SMILES string of the molecule is O=C(O)C(=O)C=CC=C(O)c1cccc(C(=O)O)c1C(=O)O. The zero-order chi connectivity index (χ0) is 16.9. The van der Waals surface area contributed by atoms with Crippen LogP contribution in [0.2, 0.25) is 0 Å². The van der Waals surface area contributed by atoms with Crippen LogP contribution in [0.15, 0.2) is 36.4 Å². The van der Waals surface area contributed by atoms with Crippen molar-refractivity contribution in [2.45, 2.75) is 0 Å². The number of carboxylic acid groups (broad SMARTS) is 3. The normalized spacial score (nSPS) is 11.4. The van der Waals surface area contributed by atoms with Gasteiger partial charge in [0.05, 0.1) is 11.1 Å². The van der Waals surface area contributed by atoms with Crippen molar-refractivity contribution in [1.29, 1.82) is 0 Å². The molecule has 0 aliphatic carbocycles. The number of aromatic carboxylic acids is 2. The number of hydrogen-bond acceptors (Lipinski definition) is 5. The van der Waals surface area contributed by atoms with E-state index in [4.69, 9.17) is 15.3 Å². The number of carboxylic acids is 3. The molecule has 0 bridgehead atoms. The molecule has 0 aromatic heterocycles. The van der Waals surface area contributed by atoms with E-state index in [0.29, 0.717) is 6.08 Å². The lowest BCUT2D eigenvalue weighted by atomic mass is 9.99. The lowest BCUT2D eigenvalue weighted by Gasteiger charge is -2.07. The van der Waals surface area contributed by atoms with Crippen LogP contribution in [0.4, 0.5) is 0 Å². The molecule has 0 radical (unpaired) electrons. The Morgan fingerprint density at radius 3 is 1.95 bits per heavy atom. The molecule has 1 aromatic carbocycles. The number of aliphatic hydroxyl groups is 1. The maximum Gasteiger partial charge on any atom is 0.376 e. The number of carbonyl (C=O) groups excluding carboxylic acids is 1. The van der Waals surface area contributed by atoms with Crippen LogP contribution >= 0.6 is 0 Å². The number of rotatable bonds is 6. The van der Waals surface area contributed by atoms with Gasteiger partial charge in [-0.15, -0.1) is 0 Å². The van der Waals surface area contributed by atoms with Gasteiger partial charge in [0.25, 0.3) is 5.78 Å². The predicted octanol–water partition coefficient (Wildman–Crippen LogP) is 1.19. The highest BCUT2D eigenvalue weighted by atomic mass is 16.4. The van der Waals surface area contributed by atoms with Crippen LogP contribution in [0.5, 0.6) is 0 Å². The van der Waals surface area contributed by atoms with Gasteiger partial charge in [0.15, 0.2) is 0 Å². The molecule has 0 aliphatic heterocycles. The predicted molar refractivity (Wildman–Crippen MR) is 72.7 cm³/mol. The van der Waals surface area contributed by atoms with Gasteiger partial charge in [0.1, 0.15) is 5.76 Å². The zero-order valence-electron chi connectivity index (χ0n) is 10.9. The summed E-state index contributed by atoms with van der Waals surface area (Å²) in [5.74, 6) is -6.60.